The number of nitrogens with zero attached hydrogens (tertiary/aromatic N) is 5. The number of thiazole rings is 1. The maximum atomic E-state index is 13.5. The van der Waals surface area contributed by atoms with Crippen molar-refractivity contribution in [2.24, 2.45) is 5.92 Å². The van der Waals surface area contributed by atoms with Gasteiger partial charge in [0.05, 0.1) is 16.6 Å². The molecule has 1 atom stereocenters. The Morgan fingerprint density at radius 3 is 2.69 bits per heavy atom. The van der Waals surface area contributed by atoms with Crippen molar-refractivity contribution >= 4 is 45.1 Å². The predicted octanol–water partition coefficient (Wildman–Crippen LogP) is 4.16. The Hall–Kier alpha value is -3.31. The van der Waals surface area contributed by atoms with Crippen LogP contribution < -0.4 is 10.6 Å². The smallest absolute Gasteiger partial charge is 0.272 e. The number of thiophene rings is 1. The molecular weight excluding hydrogens is 494 g/mol. The highest BCUT2D eigenvalue weighted by Gasteiger charge is 2.30. The van der Waals surface area contributed by atoms with E-state index in [0.29, 0.717) is 54.1 Å². The summed E-state index contributed by atoms with van der Waals surface area (Å²) in [7, 11) is 0. The number of likely N-dealkylation sites (tertiary alicyclic amines) is 1. The first-order valence-electron chi connectivity index (χ1n) is 12.3. The maximum Gasteiger partial charge on any atom is 0.272 e. The van der Waals surface area contributed by atoms with Gasteiger partial charge in [0.2, 0.25) is 0 Å². The summed E-state index contributed by atoms with van der Waals surface area (Å²) in [5.74, 6) is 1.65. The minimum absolute atomic E-state index is 0.0446. The van der Waals surface area contributed by atoms with Crippen LogP contribution in [0.2, 0.25) is 0 Å². The normalized spacial score (nSPS) is 17.3. The first kappa shape index (κ1) is 23.1. The lowest BCUT2D eigenvalue weighted by atomic mass is 10.0. The summed E-state index contributed by atoms with van der Waals surface area (Å²) in [4.78, 5) is 38.9. The number of hydrogen-bond acceptors (Lipinski definition) is 8. The lowest BCUT2D eigenvalue weighted by molar-refractivity contribution is 0.0692. The van der Waals surface area contributed by atoms with E-state index in [0.717, 1.165) is 10.4 Å². The fourth-order valence-corrected chi connectivity index (χ4v) is 6.05. The van der Waals surface area contributed by atoms with Crippen molar-refractivity contribution in [2.75, 3.05) is 18.4 Å². The van der Waals surface area contributed by atoms with Crippen molar-refractivity contribution in [1.29, 1.82) is 0 Å². The van der Waals surface area contributed by atoms with E-state index >= 15 is 0 Å². The minimum atomic E-state index is -0.113. The van der Waals surface area contributed by atoms with Crippen molar-refractivity contribution < 1.29 is 9.59 Å². The third kappa shape index (κ3) is 4.72. The van der Waals surface area contributed by atoms with E-state index in [4.69, 9.17) is 9.97 Å². The highest BCUT2D eigenvalue weighted by molar-refractivity contribution is 7.16. The molecule has 4 aromatic heterocycles. The largest absolute Gasteiger partial charge is 0.367 e. The molecule has 2 fully saturated rings. The number of hydrogen-bond donors (Lipinski definition) is 2. The second-order valence-corrected chi connectivity index (χ2v) is 11.3. The van der Waals surface area contributed by atoms with Crippen LogP contribution in [0, 0.1) is 5.92 Å². The molecule has 0 spiro atoms. The van der Waals surface area contributed by atoms with E-state index < -0.39 is 0 Å². The second-order valence-electron chi connectivity index (χ2n) is 9.46. The second kappa shape index (κ2) is 9.62. The molecule has 2 amide bonds. The average Bonchev–Trinajstić information content (AvgIpc) is 3.24. The van der Waals surface area contributed by atoms with Crippen LogP contribution in [-0.4, -0.2) is 61.5 Å². The van der Waals surface area contributed by atoms with Crippen molar-refractivity contribution in [3.63, 3.8) is 0 Å². The van der Waals surface area contributed by atoms with E-state index in [9.17, 15) is 9.59 Å². The SMILES string of the molecule is CC(Nc1cc(C(=O)N2CCC(NC(=O)c3cccs3)CC2)nc(-c2cnn3ccsc23)n1)C1CC1. The van der Waals surface area contributed by atoms with Gasteiger partial charge in [-0.15, -0.1) is 22.7 Å². The van der Waals surface area contributed by atoms with E-state index in [1.807, 2.05) is 34.0 Å². The van der Waals surface area contributed by atoms with Crippen LogP contribution in [0.25, 0.3) is 16.2 Å². The molecule has 6 rings (SSSR count). The van der Waals surface area contributed by atoms with Gasteiger partial charge < -0.3 is 15.5 Å². The molecule has 0 aromatic carbocycles. The molecule has 1 aliphatic heterocycles. The topological polar surface area (TPSA) is 105 Å². The molecule has 2 N–H and O–H groups in total. The number of piperidine rings is 1. The molecule has 1 aliphatic carbocycles. The summed E-state index contributed by atoms with van der Waals surface area (Å²) in [5.41, 5.74) is 1.19. The zero-order valence-electron chi connectivity index (χ0n) is 19.9. The van der Waals surface area contributed by atoms with E-state index in [2.05, 4.69) is 22.7 Å². The number of amides is 2. The fourth-order valence-electron chi connectivity index (χ4n) is 4.63. The average molecular weight is 522 g/mol. The van der Waals surface area contributed by atoms with E-state index in [1.54, 1.807) is 28.1 Å². The summed E-state index contributed by atoms with van der Waals surface area (Å²) in [6.45, 7) is 3.29. The number of rotatable bonds is 7. The molecule has 1 unspecified atom stereocenters. The number of carbonyl (C=O) groups is 2. The third-order valence-electron chi connectivity index (χ3n) is 6.88. The van der Waals surface area contributed by atoms with Gasteiger partial charge >= 0.3 is 0 Å². The zero-order chi connectivity index (χ0) is 24.6. The number of nitrogens with one attached hydrogen (secondary N) is 2. The van der Waals surface area contributed by atoms with Crippen LogP contribution in [0.5, 0.6) is 0 Å². The van der Waals surface area contributed by atoms with Gasteiger partial charge in [-0.25, -0.2) is 14.5 Å². The van der Waals surface area contributed by atoms with Gasteiger partial charge in [-0.3, -0.25) is 9.59 Å². The fraction of sp³-hybridized carbons (Fsp3) is 0.400. The Balaban J connectivity index is 1.20. The molecule has 2 aliphatic rings. The molecule has 1 saturated heterocycles. The lowest BCUT2D eigenvalue weighted by Crippen LogP contribution is -2.46. The van der Waals surface area contributed by atoms with Crippen molar-refractivity contribution in [3.05, 3.63) is 51.9 Å². The predicted molar refractivity (Wildman–Crippen MR) is 141 cm³/mol. The molecule has 0 radical (unpaired) electrons. The molecular formula is C25H27N7O2S2. The Bertz CT molecular complexity index is 1380. The summed E-state index contributed by atoms with van der Waals surface area (Å²) in [6, 6.07) is 5.81. The lowest BCUT2D eigenvalue weighted by Gasteiger charge is -2.32. The third-order valence-corrected chi connectivity index (χ3v) is 8.64. The van der Waals surface area contributed by atoms with Crippen molar-refractivity contribution in [1.82, 2.24) is 29.8 Å². The van der Waals surface area contributed by atoms with Crippen LogP contribution in [0.3, 0.4) is 0 Å². The van der Waals surface area contributed by atoms with Gasteiger partial charge in [0.15, 0.2) is 5.82 Å². The standard InChI is InChI=1S/C25H27N7O2S2/c1-15(16-4-5-16)27-21-13-19(29-22(30-21)18-14-26-32-10-12-36-25(18)32)24(34)31-8-6-17(7-9-31)28-23(33)20-3-2-11-35-20/h2-3,10-17H,4-9H2,1H3,(H,28,33)(H,27,29,30). The zero-order valence-corrected chi connectivity index (χ0v) is 21.5. The van der Waals surface area contributed by atoms with Gasteiger partial charge in [-0.1, -0.05) is 6.07 Å². The quantitative estimate of drug-likeness (QED) is 0.378. The van der Waals surface area contributed by atoms with Gasteiger partial charge in [-0.05, 0) is 50.0 Å². The number of carbonyl (C=O) groups excluding carboxylic acids is 2. The molecule has 186 valence electrons. The van der Waals surface area contributed by atoms with Crippen LogP contribution in [0.15, 0.2) is 41.4 Å². The molecule has 11 heteroatoms. The number of anilines is 1. The maximum absolute atomic E-state index is 13.5. The number of aromatic nitrogens is 4. The van der Waals surface area contributed by atoms with Crippen molar-refractivity contribution in [2.45, 2.75) is 44.7 Å². The molecule has 9 nitrogen and oxygen atoms in total. The molecule has 36 heavy (non-hydrogen) atoms. The van der Waals surface area contributed by atoms with Crippen LogP contribution in [0.4, 0.5) is 5.82 Å². The molecule has 5 heterocycles. The Morgan fingerprint density at radius 1 is 1.11 bits per heavy atom. The number of fused-ring (bicyclic) bond motifs is 1. The Morgan fingerprint density at radius 2 is 1.94 bits per heavy atom. The molecule has 0 bridgehead atoms. The summed E-state index contributed by atoms with van der Waals surface area (Å²) < 4.78 is 1.80. The van der Waals surface area contributed by atoms with Crippen molar-refractivity contribution in [3.8, 4) is 11.4 Å². The van der Waals surface area contributed by atoms with Gasteiger partial charge in [-0.2, -0.15) is 5.10 Å². The van der Waals surface area contributed by atoms with Gasteiger partial charge in [0, 0.05) is 42.8 Å². The Labute approximate surface area is 216 Å². The first-order chi connectivity index (χ1) is 17.5. The monoisotopic (exact) mass is 521 g/mol. The van der Waals surface area contributed by atoms with Crippen LogP contribution >= 0.6 is 22.7 Å². The summed E-state index contributed by atoms with van der Waals surface area (Å²) >= 11 is 3.00. The summed E-state index contributed by atoms with van der Waals surface area (Å²) in [5, 5.41) is 14.9. The first-order valence-corrected chi connectivity index (χ1v) is 14.0. The van der Waals surface area contributed by atoms with Gasteiger partial charge in [0.1, 0.15) is 16.3 Å². The van der Waals surface area contributed by atoms with Gasteiger partial charge in [0.25, 0.3) is 11.8 Å². The van der Waals surface area contributed by atoms with E-state index in [-0.39, 0.29) is 23.9 Å². The van der Waals surface area contributed by atoms with E-state index in [1.165, 1.54) is 24.2 Å². The molecule has 1 saturated carbocycles. The highest BCUT2D eigenvalue weighted by atomic mass is 32.1. The highest BCUT2D eigenvalue weighted by Crippen LogP contribution is 2.34. The minimum Gasteiger partial charge on any atom is -0.367 e. The van der Waals surface area contributed by atoms with Crippen LogP contribution in [-0.2, 0) is 0 Å². The van der Waals surface area contributed by atoms with Crippen LogP contribution in [0.1, 0.15) is 52.8 Å². The Kier molecular flexibility index (Phi) is 6.18. The molecule has 4 aromatic rings. The summed E-state index contributed by atoms with van der Waals surface area (Å²) in [6.07, 6.45) is 7.51.